The average Bonchev–Trinajstić information content (AvgIpc) is 2.03. The summed E-state index contributed by atoms with van der Waals surface area (Å²) in [6, 6.07) is 3.02. The molecule has 0 aromatic carbocycles. The summed E-state index contributed by atoms with van der Waals surface area (Å²) in [4.78, 5) is 3.70. The fraction of sp³-hybridized carbons (Fsp3) is 0. The van der Waals surface area contributed by atoms with Crippen molar-refractivity contribution in [3.8, 4) is 0 Å². The van der Waals surface area contributed by atoms with E-state index in [2.05, 4.69) is 10.1 Å². The van der Waals surface area contributed by atoms with Crippen molar-refractivity contribution in [1.29, 1.82) is 0 Å². The van der Waals surface area contributed by atoms with E-state index in [9.17, 15) is 0 Å². The highest BCUT2D eigenvalue weighted by Crippen LogP contribution is 2.15. The minimum absolute atomic E-state index is 0.0934. The maximum Gasteiger partial charge on any atom is 0.173 e. The number of hydrogen-bond donors (Lipinski definition) is 2. The predicted molar refractivity (Wildman–Crippen MR) is 46.8 cm³/mol. The Kier molecular flexibility index (Phi) is 2.73. The van der Waals surface area contributed by atoms with Gasteiger partial charge < -0.3 is 10.9 Å². The van der Waals surface area contributed by atoms with Gasteiger partial charge in [0.15, 0.2) is 5.84 Å². The lowest BCUT2D eigenvalue weighted by molar-refractivity contribution is 0.318. The summed E-state index contributed by atoms with van der Waals surface area (Å²) in [6.07, 6.45) is 0. The second kappa shape index (κ2) is 3.60. The second-order valence-corrected chi connectivity index (χ2v) is 2.70. The lowest BCUT2D eigenvalue weighted by Crippen LogP contribution is -2.14. The number of amidine groups is 1. The van der Waals surface area contributed by atoms with Gasteiger partial charge in [0.1, 0.15) is 10.3 Å². The Bertz CT molecular complexity index is 327. The smallest absolute Gasteiger partial charge is 0.173 e. The number of oxime groups is 1. The first-order valence-corrected chi connectivity index (χ1v) is 3.70. The molecule has 0 atom stereocenters. The Morgan fingerprint density at radius 2 is 2.17 bits per heavy atom. The molecule has 1 heterocycles. The van der Waals surface area contributed by atoms with Crippen LogP contribution in [0.1, 0.15) is 5.56 Å². The fourth-order valence-electron chi connectivity index (χ4n) is 0.657. The normalized spacial score (nSPS) is 11.7. The molecule has 0 spiro atoms. The minimum Gasteiger partial charge on any atom is -0.409 e. The Hall–Kier alpha value is -1.00. The molecule has 64 valence electrons. The molecule has 1 aromatic rings. The van der Waals surface area contributed by atoms with Gasteiger partial charge in [-0.2, -0.15) is 0 Å². The van der Waals surface area contributed by atoms with Crippen LogP contribution in [0.15, 0.2) is 17.3 Å². The third kappa shape index (κ3) is 1.78. The van der Waals surface area contributed by atoms with Crippen LogP contribution in [-0.2, 0) is 0 Å². The number of hydrogen-bond acceptors (Lipinski definition) is 3. The van der Waals surface area contributed by atoms with E-state index >= 15 is 0 Å². The largest absolute Gasteiger partial charge is 0.409 e. The van der Waals surface area contributed by atoms with Crippen LogP contribution in [0.25, 0.3) is 0 Å². The standard InChI is InChI=1S/C6H5Cl2N3O/c7-4-2-1-3(5(8)10-4)6(9)11-12/h1-2,12H,(H2,9,11). The molecule has 6 heteroatoms. The van der Waals surface area contributed by atoms with Crippen LogP contribution in [0.4, 0.5) is 0 Å². The molecule has 0 radical (unpaired) electrons. The highest BCUT2D eigenvalue weighted by Gasteiger charge is 2.06. The van der Waals surface area contributed by atoms with E-state index < -0.39 is 0 Å². The monoisotopic (exact) mass is 205 g/mol. The van der Waals surface area contributed by atoms with E-state index in [4.69, 9.17) is 34.1 Å². The van der Waals surface area contributed by atoms with Gasteiger partial charge >= 0.3 is 0 Å². The Morgan fingerprint density at radius 1 is 1.50 bits per heavy atom. The van der Waals surface area contributed by atoms with Crippen LogP contribution in [0.2, 0.25) is 10.3 Å². The molecular weight excluding hydrogens is 201 g/mol. The zero-order chi connectivity index (χ0) is 9.14. The molecule has 0 saturated heterocycles. The molecule has 0 aliphatic rings. The average molecular weight is 206 g/mol. The van der Waals surface area contributed by atoms with Gasteiger partial charge in [-0.25, -0.2) is 4.98 Å². The lowest BCUT2D eigenvalue weighted by Gasteiger charge is -1.99. The summed E-state index contributed by atoms with van der Waals surface area (Å²) in [5.74, 6) is -0.0934. The number of nitrogens with two attached hydrogens (primary N) is 1. The zero-order valence-corrected chi connectivity index (χ0v) is 7.34. The van der Waals surface area contributed by atoms with Gasteiger partial charge in [0.05, 0.1) is 5.56 Å². The van der Waals surface area contributed by atoms with Gasteiger partial charge in [0, 0.05) is 0 Å². The molecule has 4 nitrogen and oxygen atoms in total. The van der Waals surface area contributed by atoms with Gasteiger partial charge in [-0.3, -0.25) is 0 Å². The molecule has 0 unspecified atom stereocenters. The SMILES string of the molecule is N/C(=N\O)c1ccc(Cl)nc1Cl. The topological polar surface area (TPSA) is 71.5 Å². The van der Waals surface area contributed by atoms with Crippen LogP contribution < -0.4 is 5.73 Å². The minimum atomic E-state index is -0.0934. The number of nitrogens with zero attached hydrogens (tertiary/aromatic N) is 2. The number of halogens is 2. The number of pyridine rings is 1. The van der Waals surface area contributed by atoms with Crippen molar-refractivity contribution in [2.75, 3.05) is 0 Å². The second-order valence-electron chi connectivity index (χ2n) is 1.96. The highest BCUT2D eigenvalue weighted by atomic mass is 35.5. The van der Waals surface area contributed by atoms with E-state index in [0.29, 0.717) is 5.56 Å². The molecule has 0 bridgehead atoms. The molecule has 0 saturated carbocycles. The van der Waals surface area contributed by atoms with Crippen molar-refractivity contribution in [2.45, 2.75) is 0 Å². The molecule has 0 amide bonds. The molecule has 3 N–H and O–H groups in total. The van der Waals surface area contributed by atoms with Gasteiger partial charge in [-0.15, -0.1) is 0 Å². The zero-order valence-electron chi connectivity index (χ0n) is 5.83. The van der Waals surface area contributed by atoms with E-state index in [-0.39, 0.29) is 16.1 Å². The van der Waals surface area contributed by atoms with E-state index in [1.54, 1.807) is 0 Å². The maximum atomic E-state index is 8.33. The summed E-state index contributed by atoms with van der Waals surface area (Å²) in [5, 5.41) is 11.5. The summed E-state index contributed by atoms with van der Waals surface area (Å²) >= 11 is 11.2. The first-order chi connectivity index (χ1) is 5.65. The summed E-state index contributed by atoms with van der Waals surface area (Å²) in [6.45, 7) is 0. The van der Waals surface area contributed by atoms with Crippen molar-refractivity contribution in [2.24, 2.45) is 10.9 Å². The quantitative estimate of drug-likeness (QED) is 0.240. The van der Waals surface area contributed by atoms with E-state index in [1.807, 2.05) is 0 Å². The van der Waals surface area contributed by atoms with Crippen molar-refractivity contribution in [1.82, 2.24) is 4.98 Å². The molecule has 1 rings (SSSR count). The molecule has 0 fully saturated rings. The first-order valence-electron chi connectivity index (χ1n) is 2.95. The van der Waals surface area contributed by atoms with Gasteiger partial charge in [-0.05, 0) is 12.1 Å². The summed E-state index contributed by atoms with van der Waals surface area (Å²) < 4.78 is 0. The van der Waals surface area contributed by atoms with Crippen LogP contribution >= 0.6 is 23.2 Å². The third-order valence-corrected chi connectivity index (χ3v) is 1.70. The Labute approximate surface area is 78.6 Å². The maximum absolute atomic E-state index is 8.33. The van der Waals surface area contributed by atoms with Gasteiger partial charge in [0.2, 0.25) is 0 Å². The summed E-state index contributed by atoms with van der Waals surface area (Å²) in [7, 11) is 0. The summed E-state index contributed by atoms with van der Waals surface area (Å²) in [5.41, 5.74) is 5.63. The number of aromatic nitrogens is 1. The van der Waals surface area contributed by atoms with Gasteiger partial charge in [0.25, 0.3) is 0 Å². The molecule has 0 aliphatic heterocycles. The Morgan fingerprint density at radius 3 is 2.67 bits per heavy atom. The van der Waals surface area contributed by atoms with Gasteiger partial charge in [-0.1, -0.05) is 28.4 Å². The third-order valence-electron chi connectivity index (χ3n) is 1.20. The van der Waals surface area contributed by atoms with Crippen LogP contribution in [0, 0.1) is 0 Å². The lowest BCUT2D eigenvalue weighted by atomic mass is 10.3. The molecule has 0 aliphatic carbocycles. The van der Waals surface area contributed by atoms with Crippen molar-refractivity contribution in [3.05, 3.63) is 28.0 Å². The van der Waals surface area contributed by atoms with Crippen molar-refractivity contribution in [3.63, 3.8) is 0 Å². The van der Waals surface area contributed by atoms with E-state index in [0.717, 1.165) is 0 Å². The number of rotatable bonds is 1. The van der Waals surface area contributed by atoms with Crippen molar-refractivity contribution < 1.29 is 5.21 Å². The van der Waals surface area contributed by atoms with Crippen LogP contribution in [0.5, 0.6) is 0 Å². The van der Waals surface area contributed by atoms with Crippen LogP contribution in [-0.4, -0.2) is 16.0 Å². The van der Waals surface area contributed by atoms with E-state index in [1.165, 1.54) is 12.1 Å². The fourth-order valence-corrected chi connectivity index (χ4v) is 1.10. The molecular formula is C6H5Cl2N3O. The Balaban J connectivity index is 3.18. The first kappa shape index (κ1) is 9.09. The highest BCUT2D eigenvalue weighted by molar-refractivity contribution is 6.34. The predicted octanol–water partition coefficient (Wildman–Crippen LogP) is 1.48. The molecule has 12 heavy (non-hydrogen) atoms. The van der Waals surface area contributed by atoms with Crippen LogP contribution in [0.3, 0.4) is 0 Å². The molecule has 1 aromatic heterocycles. The van der Waals surface area contributed by atoms with Crippen molar-refractivity contribution >= 4 is 29.0 Å².